The maximum absolute atomic E-state index is 13.3. The highest BCUT2D eigenvalue weighted by Crippen LogP contribution is 2.21. The van der Waals surface area contributed by atoms with Gasteiger partial charge in [0.2, 0.25) is 0 Å². The summed E-state index contributed by atoms with van der Waals surface area (Å²) >= 11 is 0. The molecule has 0 saturated heterocycles. The van der Waals surface area contributed by atoms with Crippen LogP contribution in [0.1, 0.15) is 41.0 Å². The summed E-state index contributed by atoms with van der Waals surface area (Å²) in [5.41, 5.74) is 3.86. The Hall–Kier alpha value is -2.97. The van der Waals surface area contributed by atoms with Gasteiger partial charge < -0.3 is 14.8 Å². The zero-order valence-electron chi connectivity index (χ0n) is 19.2. The van der Waals surface area contributed by atoms with Gasteiger partial charge in [0, 0.05) is 51.9 Å². The van der Waals surface area contributed by atoms with Crippen LogP contribution in [0.15, 0.2) is 41.3 Å². The monoisotopic (exact) mass is 436 g/mol. The molecule has 8 heteroatoms. The van der Waals surface area contributed by atoms with Crippen molar-refractivity contribution in [2.75, 3.05) is 32.7 Å². The number of amides is 1. The van der Waals surface area contributed by atoms with E-state index in [-0.39, 0.29) is 11.5 Å². The van der Waals surface area contributed by atoms with Crippen LogP contribution in [-0.2, 0) is 26.6 Å². The molecule has 0 atom stereocenters. The summed E-state index contributed by atoms with van der Waals surface area (Å²) in [5.74, 6) is -0.191. The molecule has 1 aromatic carbocycles. The Balaban J connectivity index is 1.57. The number of aromatic nitrogens is 3. The fraction of sp³-hybridized carbons (Fsp3) is 0.458. The van der Waals surface area contributed by atoms with Gasteiger partial charge in [-0.2, -0.15) is 9.61 Å². The van der Waals surface area contributed by atoms with E-state index < -0.39 is 0 Å². The highest BCUT2D eigenvalue weighted by molar-refractivity contribution is 5.99. The first-order valence-electron chi connectivity index (χ1n) is 11.4. The molecule has 1 N–H and O–H groups in total. The second kappa shape index (κ2) is 9.67. The summed E-state index contributed by atoms with van der Waals surface area (Å²) in [6.45, 7) is 9.72. The SMILES string of the molecule is CCN(CC)CCNC(=O)c1cnn2c(=O)c3c(n(C)c12)CCN(Cc1ccccc1)C3. The van der Waals surface area contributed by atoms with Crippen molar-refractivity contribution >= 4 is 11.6 Å². The molecule has 3 heterocycles. The highest BCUT2D eigenvalue weighted by Gasteiger charge is 2.26. The molecule has 0 unspecified atom stereocenters. The van der Waals surface area contributed by atoms with Gasteiger partial charge in [-0.25, -0.2) is 0 Å². The van der Waals surface area contributed by atoms with E-state index >= 15 is 0 Å². The maximum atomic E-state index is 13.3. The predicted octanol–water partition coefficient (Wildman–Crippen LogP) is 1.66. The Morgan fingerprint density at radius 3 is 2.66 bits per heavy atom. The number of hydrogen-bond acceptors (Lipinski definition) is 5. The van der Waals surface area contributed by atoms with Gasteiger partial charge in [0.1, 0.15) is 5.56 Å². The molecule has 0 radical (unpaired) electrons. The molecule has 4 rings (SSSR count). The van der Waals surface area contributed by atoms with E-state index in [1.807, 2.05) is 29.8 Å². The van der Waals surface area contributed by atoms with Crippen LogP contribution in [0.2, 0.25) is 0 Å². The standard InChI is InChI=1S/C24H32N6O2/c1-4-28(5-2)14-12-25-22(31)19-15-26-30-23(19)27(3)21-11-13-29(17-20(21)24(30)32)16-18-9-7-6-8-10-18/h6-10,15H,4-5,11-14,16-17H2,1-3H3,(H,25,31). The van der Waals surface area contributed by atoms with Crippen LogP contribution in [0, 0.1) is 0 Å². The van der Waals surface area contributed by atoms with Gasteiger partial charge in [-0.3, -0.25) is 14.5 Å². The van der Waals surface area contributed by atoms with Gasteiger partial charge >= 0.3 is 0 Å². The van der Waals surface area contributed by atoms with Gasteiger partial charge in [0.05, 0.1) is 11.8 Å². The second-order valence-electron chi connectivity index (χ2n) is 8.31. The van der Waals surface area contributed by atoms with Crippen LogP contribution in [0.3, 0.4) is 0 Å². The molecular weight excluding hydrogens is 404 g/mol. The van der Waals surface area contributed by atoms with Crippen LogP contribution in [-0.4, -0.2) is 62.6 Å². The number of rotatable bonds is 8. The minimum Gasteiger partial charge on any atom is -0.351 e. The second-order valence-corrected chi connectivity index (χ2v) is 8.31. The number of nitrogens with zero attached hydrogens (tertiary/aromatic N) is 5. The third-order valence-corrected chi connectivity index (χ3v) is 6.41. The highest BCUT2D eigenvalue weighted by atomic mass is 16.2. The molecule has 32 heavy (non-hydrogen) atoms. The molecule has 3 aromatic rings. The number of benzene rings is 1. The fourth-order valence-electron chi connectivity index (χ4n) is 4.54. The Bertz CT molecular complexity index is 1150. The Kier molecular flexibility index (Phi) is 6.72. The lowest BCUT2D eigenvalue weighted by Gasteiger charge is -2.29. The number of fused-ring (bicyclic) bond motifs is 2. The van der Waals surface area contributed by atoms with Crippen LogP contribution in [0.25, 0.3) is 5.65 Å². The van der Waals surface area contributed by atoms with Crippen molar-refractivity contribution in [1.29, 1.82) is 0 Å². The minimum absolute atomic E-state index is 0.131. The van der Waals surface area contributed by atoms with Crippen molar-refractivity contribution in [2.45, 2.75) is 33.4 Å². The Labute approximate surface area is 188 Å². The van der Waals surface area contributed by atoms with Crippen molar-refractivity contribution in [1.82, 2.24) is 29.3 Å². The van der Waals surface area contributed by atoms with Crippen LogP contribution in [0.5, 0.6) is 0 Å². The van der Waals surface area contributed by atoms with Crippen molar-refractivity contribution in [3.63, 3.8) is 0 Å². The summed E-state index contributed by atoms with van der Waals surface area (Å²) in [6, 6.07) is 10.3. The Morgan fingerprint density at radius 1 is 1.19 bits per heavy atom. The molecule has 8 nitrogen and oxygen atoms in total. The molecule has 0 saturated carbocycles. The summed E-state index contributed by atoms with van der Waals surface area (Å²) < 4.78 is 3.35. The lowest BCUT2D eigenvalue weighted by Crippen LogP contribution is -2.38. The molecule has 0 bridgehead atoms. The number of hydrogen-bond donors (Lipinski definition) is 1. The topological polar surface area (TPSA) is 74.9 Å². The van der Waals surface area contributed by atoms with Crippen molar-refractivity contribution in [2.24, 2.45) is 7.05 Å². The van der Waals surface area contributed by atoms with E-state index in [1.54, 1.807) is 0 Å². The lowest BCUT2D eigenvalue weighted by atomic mass is 10.1. The fourth-order valence-corrected chi connectivity index (χ4v) is 4.54. The van der Waals surface area contributed by atoms with E-state index in [0.29, 0.717) is 24.3 Å². The molecule has 0 fully saturated rings. The summed E-state index contributed by atoms with van der Waals surface area (Å²) in [6.07, 6.45) is 2.27. The number of carbonyl (C=O) groups excluding carboxylic acids is 1. The van der Waals surface area contributed by atoms with Crippen molar-refractivity contribution < 1.29 is 4.79 Å². The molecular formula is C24H32N6O2. The first-order valence-corrected chi connectivity index (χ1v) is 11.4. The zero-order valence-corrected chi connectivity index (χ0v) is 19.2. The summed E-state index contributed by atoms with van der Waals surface area (Å²) in [7, 11) is 1.93. The van der Waals surface area contributed by atoms with E-state index in [4.69, 9.17) is 0 Å². The average Bonchev–Trinajstić information content (AvgIpc) is 3.27. The molecule has 0 spiro atoms. The number of likely N-dealkylation sites (N-methyl/N-ethyl adjacent to an activating group) is 1. The average molecular weight is 437 g/mol. The molecule has 1 aliphatic rings. The van der Waals surface area contributed by atoms with Crippen LogP contribution in [0.4, 0.5) is 0 Å². The summed E-state index contributed by atoms with van der Waals surface area (Å²) in [4.78, 5) is 30.7. The molecule has 170 valence electrons. The third-order valence-electron chi connectivity index (χ3n) is 6.41. The number of carbonyl (C=O) groups is 1. The minimum atomic E-state index is -0.191. The van der Waals surface area contributed by atoms with Gasteiger partial charge in [-0.05, 0) is 18.7 Å². The summed E-state index contributed by atoms with van der Waals surface area (Å²) in [5, 5.41) is 7.27. The molecule has 1 amide bonds. The zero-order chi connectivity index (χ0) is 22.7. The van der Waals surface area contributed by atoms with Gasteiger partial charge in [-0.15, -0.1) is 0 Å². The number of nitrogens with one attached hydrogen (secondary N) is 1. The van der Waals surface area contributed by atoms with E-state index in [9.17, 15) is 9.59 Å². The normalized spacial score (nSPS) is 14.1. The van der Waals surface area contributed by atoms with Crippen LogP contribution >= 0.6 is 0 Å². The Morgan fingerprint density at radius 2 is 1.94 bits per heavy atom. The van der Waals surface area contributed by atoms with Gasteiger partial charge in [0.25, 0.3) is 11.5 Å². The predicted molar refractivity (Wildman–Crippen MR) is 125 cm³/mol. The van der Waals surface area contributed by atoms with Crippen molar-refractivity contribution in [3.8, 4) is 0 Å². The van der Waals surface area contributed by atoms with Gasteiger partial charge in [0.15, 0.2) is 5.65 Å². The van der Waals surface area contributed by atoms with Gasteiger partial charge in [-0.1, -0.05) is 44.2 Å². The van der Waals surface area contributed by atoms with Crippen LogP contribution < -0.4 is 10.9 Å². The van der Waals surface area contributed by atoms with Crippen molar-refractivity contribution in [3.05, 3.63) is 69.3 Å². The maximum Gasteiger partial charge on any atom is 0.279 e. The lowest BCUT2D eigenvalue weighted by molar-refractivity contribution is 0.0950. The van der Waals surface area contributed by atoms with E-state index in [0.717, 1.165) is 50.4 Å². The quantitative estimate of drug-likeness (QED) is 0.581. The molecule has 1 aliphatic heterocycles. The molecule has 2 aromatic heterocycles. The third kappa shape index (κ3) is 4.33. The van der Waals surface area contributed by atoms with E-state index in [2.05, 4.69) is 46.2 Å². The first kappa shape index (κ1) is 22.2. The smallest absolute Gasteiger partial charge is 0.279 e. The first-order chi connectivity index (χ1) is 15.5. The molecule has 0 aliphatic carbocycles. The largest absolute Gasteiger partial charge is 0.351 e. The van der Waals surface area contributed by atoms with E-state index in [1.165, 1.54) is 16.3 Å². The number of aryl methyl sites for hydroxylation is 1.